The number of nitrogens with one attached hydrogen (secondary N) is 2. The Bertz CT molecular complexity index is 330. The Labute approximate surface area is 123 Å². The van der Waals surface area contributed by atoms with E-state index in [2.05, 4.69) is 38.3 Å². The Hall–Kier alpha value is -0.610. The maximum Gasteiger partial charge on any atom is 0.275 e. The number of hydrogen-bond donors (Lipinski definition) is 3. The quantitative estimate of drug-likeness (QED) is 0.640. The van der Waals surface area contributed by atoms with E-state index in [-0.39, 0.29) is 17.0 Å². The second-order valence-electron chi connectivity index (χ2n) is 8.28. The van der Waals surface area contributed by atoms with Crippen LogP contribution in [0.3, 0.4) is 0 Å². The van der Waals surface area contributed by atoms with Crippen LogP contribution in [0, 0.1) is 0 Å². The molecule has 2 heterocycles. The Balaban J connectivity index is 1.83. The molecule has 0 aromatic rings. The molecule has 4 heteroatoms. The van der Waals surface area contributed by atoms with Crippen LogP contribution in [0.4, 0.5) is 0 Å². The molecule has 1 amide bonds. The molecule has 2 saturated heterocycles. The first-order valence-electron chi connectivity index (χ1n) is 8.26. The zero-order valence-electron chi connectivity index (χ0n) is 13.7. The molecule has 4 N–H and O–H groups in total. The van der Waals surface area contributed by atoms with Crippen LogP contribution in [-0.4, -0.2) is 42.7 Å². The van der Waals surface area contributed by atoms with Gasteiger partial charge in [-0.1, -0.05) is 0 Å². The largest absolute Gasteiger partial charge is 0.348 e. The average molecular weight is 283 g/mol. The molecule has 0 bridgehead atoms. The van der Waals surface area contributed by atoms with E-state index in [1.807, 2.05) is 0 Å². The van der Waals surface area contributed by atoms with Gasteiger partial charge in [0.15, 0.2) is 6.54 Å². The van der Waals surface area contributed by atoms with Crippen LogP contribution < -0.4 is 15.5 Å². The maximum absolute atomic E-state index is 12.3. The topological polar surface area (TPSA) is 50.1 Å². The fourth-order valence-corrected chi connectivity index (χ4v) is 4.35. The zero-order chi connectivity index (χ0) is 14.8. The van der Waals surface area contributed by atoms with Gasteiger partial charge in [0.25, 0.3) is 5.91 Å². The van der Waals surface area contributed by atoms with Crippen molar-refractivity contribution in [2.45, 2.75) is 76.9 Å². The summed E-state index contributed by atoms with van der Waals surface area (Å²) < 4.78 is 0. The fraction of sp³-hybridized carbons (Fsp3) is 0.938. The number of nitrogens with two attached hydrogens (primary N) is 1. The van der Waals surface area contributed by atoms with Gasteiger partial charge < -0.3 is 15.5 Å². The van der Waals surface area contributed by atoms with E-state index in [0.29, 0.717) is 12.6 Å². The third-order valence-corrected chi connectivity index (χ3v) is 4.66. The van der Waals surface area contributed by atoms with Crippen molar-refractivity contribution in [1.29, 1.82) is 0 Å². The normalized spacial score (nSPS) is 27.2. The highest BCUT2D eigenvalue weighted by Gasteiger charge is 2.42. The summed E-state index contributed by atoms with van der Waals surface area (Å²) in [6, 6.07) is 0.335. The third kappa shape index (κ3) is 4.74. The summed E-state index contributed by atoms with van der Waals surface area (Å²) >= 11 is 0. The van der Waals surface area contributed by atoms with E-state index in [9.17, 15) is 4.79 Å². The van der Waals surface area contributed by atoms with Gasteiger partial charge in [-0.15, -0.1) is 0 Å². The van der Waals surface area contributed by atoms with Crippen molar-refractivity contribution in [2.75, 3.05) is 19.6 Å². The molecule has 0 radical (unpaired) electrons. The van der Waals surface area contributed by atoms with Gasteiger partial charge in [-0.3, -0.25) is 4.79 Å². The van der Waals surface area contributed by atoms with E-state index in [1.54, 1.807) is 0 Å². The summed E-state index contributed by atoms with van der Waals surface area (Å²) in [5.74, 6) is 0.250. The zero-order valence-corrected chi connectivity index (χ0v) is 13.7. The molecule has 0 aromatic heterocycles. The number of piperidine rings is 2. The van der Waals surface area contributed by atoms with Crippen molar-refractivity contribution in [3.63, 3.8) is 0 Å². The van der Waals surface area contributed by atoms with Crippen LogP contribution in [0.25, 0.3) is 0 Å². The van der Waals surface area contributed by atoms with E-state index in [1.165, 1.54) is 37.3 Å². The molecular weight excluding hydrogens is 250 g/mol. The lowest BCUT2D eigenvalue weighted by atomic mass is 9.79. The van der Waals surface area contributed by atoms with Crippen molar-refractivity contribution in [3.8, 4) is 0 Å². The number of hydrogen-bond acceptors (Lipinski definition) is 1. The standard InChI is InChI=1S/C16H31N3O/c1-15(2)10-13(11-16(3,4)18-15)17-14(20)12-19-8-6-5-7-9-19/h13,18H,5-12H2,1-4H3,(H,17,20)/p+2. The molecule has 0 unspecified atom stereocenters. The Morgan fingerprint density at radius 2 is 1.65 bits per heavy atom. The monoisotopic (exact) mass is 283 g/mol. The summed E-state index contributed by atoms with van der Waals surface area (Å²) in [5, 5.41) is 5.75. The fourth-order valence-electron chi connectivity index (χ4n) is 4.35. The molecule has 2 rings (SSSR count). The molecule has 0 saturated carbocycles. The molecule has 4 nitrogen and oxygen atoms in total. The molecule has 0 aliphatic carbocycles. The maximum atomic E-state index is 12.3. The summed E-state index contributed by atoms with van der Waals surface area (Å²) in [6.07, 6.45) is 6.03. The Morgan fingerprint density at radius 3 is 2.20 bits per heavy atom. The molecular formula is C16H33N3O+2. The first-order chi connectivity index (χ1) is 9.26. The number of amides is 1. The van der Waals surface area contributed by atoms with Crippen LogP contribution in [-0.2, 0) is 4.79 Å². The average Bonchev–Trinajstić information content (AvgIpc) is 2.25. The molecule has 2 aliphatic rings. The Morgan fingerprint density at radius 1 is 1.10 bits per heavy atom. The van der Waals surface area contributed by atoms with Crippen LogP contribution >= 0.6 is 0 Å². The van der Waals surface area contributed by atoms with Crippen LogP contribution in [0.15, 0.2) is 0 Å². The SMILES string of the molecule is CC1(C)CC(NC(=O)C[NH+]2CCCCC2)CC(C)(C)[NH2+]1. The highest BCUT2D eigenvalue weighted by atomic mass is 16.2. The van der Waals surface area contributed by atoms with Gasteiger partial charge in [0, 0.05) is 18.9 Å². The minimum Gasteiger partial charge on any atom is -0.348 e. The van der Waals surface area contributed by atoms with Gasteiger partial charge in [-0.05, 0) is 47.0 Å². The molecule has 116 valence electrons. The van der Waals surface area contributed by atoms with E-state index >= 15 is 0 Å². The van der Waals surface area contributed by atoms with Gasteiger partial charge in [0.1, 0.15) is 0 Å². The second kappa shape index (κ2) is 6.02. The van der Waals surface area contributed by atoms with Gasteiger partial charge in [-0.2, -0.15) is 0 Å². The number of quaternary nitrogens is 2. The van der Waals surface area contributed by atoms with Gasteiger partial charge in [0.2, 0.25) is 0 Å². The highest BCUT2D eigenvalue weighted by Crippen LogP contribution is 2.21. The molecule has 0 aromatic carbocycles. The molecule has 2 fully saturated rings. The second-order valence-corrected chi connectivity index (χ2v) is 8.28. The Kier molecular flexibility index (Phi) is 4.75. The lowest BCUT2D eigenvalue weighted by molar-refractivity contribution is -0.896. The number of likely N-dealkylation sites (tertiary alicyclic amines) is 1. The minimum atomic E-state index is 0.220. The first-order valence-corrected chi connectivity index (χ1v) is 8.26. The van der Waals surface area contributed by atoms with Crippen molar-refractivity contribution in [3.05, 3.63) is 0 Å². The minimum absolute atomic E-state index is 0.220. The summed E-state index contributed by atoms with van der Waals surface area (Å²) in [7, 11) is 0. The van der Waals surface area contributed by atoms with E-state index in [4.69, 9.17) is 0 Å². The van der Waals surface area contributed by atoms with Gasteiger partial charge in [0.05, 0.1) is 24.2 Å². The first kappa shape index (κ1) is 15.8. The predicted molar refractivity (Wildman–Crippen MR) is 80.7 cm³/mol. The number of rotatable bonds is 3. The summed E-state index contributed by atoms with van der Waals surface area (Å²) in [4.78, 5) is 13.7. The van der Waals surface area contributed by atoms with Crippen molar-refractivity contribution < 1.29 is 15.0 Å². The van der Waals surface area contributed by atoms with Crippen molar-refractivity contribution in [1.82, 2.24) is 5.32 Å². The smallest absolute Gasteiger partial charge is 0.275 e. The lowest BCUT2D eigenvalue weighted by Crippen LogP contribution is -3.14. The third-order valence-electron chi connectivity index (χ3n) is 4.66. The van der Waals surface area contributed by atoms with E-state index < -0.39 is 0 Å². The molecule has 0 spiro atoms. The number of carbonyl (C=O) groups excluding carboxylic acids is 1. The molecule has 20 heavy (non-hydrogen) atoms. The van der Waals surface area contributed by atoms with Gasteiger partial charge >= 0.3 is 0 Å². The predicted octanol–water partition coefficient (Wildman–Crippen LogP) is -0.546. The summed E-state index contributed by atoms with van der Waals surface area (Å²) in [5.41, 5.74) is 0.440. The van der Waals surface area contributed by atoms with Crippen LogP contribution in [0.2, 0.25) is 0 Å². The number of carbonyl (C=O) groups is 1. The van der Waals surface area contributed by atoms with E-state index in [0.717, 1.165) is 12.8 Å². The van der Waals surface area contributed by atoms with Crippen LogP contribution in [0.5, 0.6) is 0 Å². The van der Waals surface area contributed by atoms with Crippen molar-refractivity contribution >= 4 is 5.91 Å². The molecule has 0 atom stereocenters. The molecule has 2 aliphatic heterocycles. The van der Waals surface area contributed by atoms with Crippen LogP contribution in [0.1, 0.15) is 59.8 Å². The lowest BCUT2D eigenvalue weighted by Gasteiger charge is -2.43. The summed E-state index contributed by atoms with van der Waals surface area (Å²) in [6.45, 7) is 12.1. The van der Waals surface area contributed by atoms with Crippen molar-refractivity contribution in [2.24, 2.45) is 0 Å². The van der Waals surface area contributed by atoms with Gasteiger partial charge in [-0.25, -0.2) is 0 Å². The highest BCUT2D eigenvalue weighted by molar-refractivity contribution is 5.77.